The number of carboxylic acids is 4. The first-order valence-electron chi connectivity index (χ1n) is 11.5. The van der Waals surface area contributed by atoms with Crippen molar-refractivity contribution in [1.82, 2.24) is 0 Å². The van der Waals surface area contributed by atoms with Gasteiger partial charge in [0.05, 0.1) is 73.8 Å². The van der Waals surface area contributed by atoms with E-state index in [1.807, 2.05) is 0 Å². The lowest BCUT2D eigenvalue weighted by Crippen LogP contribution is -2.73. The van der Waals surface area contributed by atoms with Gasteiger partial charge in [-0.15, -0.1) is 0 Å². The summed E-state index contributed by atoms with van der Waals surface area (Å²) in [6.45, 7) is 4.64. The van der Waals surface area contributed by atoms with Gasteiger partial charge in [0.15, 0.2) is 0 Å². The van der Waals surface area contributed by atoms with Gasteiger partial charge >= 0.3 is 47.8 Å². The van der Waals surface area contributed by atoms with E-state index in [1.165, 1.54) is 13.8 Å². The zero-order valence-corrected chi connectivity index (χ0v) is 23.0. The number of carboxylic acid groups (broad SMARTS) is 4. The maximum absolute atomic E-state index is 12.2. The van der Waals surface area contributed by atoms with E-state index in [4.69, 9.17) is 29.9 Å². The van der Waals surface area contributed by atoms with Crippen molar-refractivity contribution >= 4 is 47.8 Å². The summed E-state index contributed by atoms with van der Waals surface area (Å²) in [6, 6.07) is 0. The number of hydrogen-bond donors (Lipinski definition) is 4. The van der Waals surface area contributed by atoms with Crippen molar-refractivity contribution in [1.29, 1.82) is 0 Å². The fraction of sp³-hybridized carbons (Fsp3) is 0.667. The molecule has 0 spiro atoms. The molecule has 8 atom stereocenters. The van der Waals surface area contributed by atoms with E-state index in [-0.39, 0.29) is 0 Å². The SMILES string of the molecule is CC1(C(=O)O)C(C(=O)O)C(C(=O)O)C1(C)C(=O)O.COC(=O)C1C(C(=O)OC)C(C)(C(=O)OC)C1(C)C(=O)OC. The van der Waals surface area contributed by atoms with Gasteiger partial charge in [-0.1, -0.05) is 0 Å². The fourth-order valence-electron chi connectivity index (χ4n) is 6.02. The molecule has 0 saturated heterocycles. The summed E-state index contributed by atoms with van der Waals surface area (Å²) in [6.07, 6.45) is 0. The smallest absolute Gasteiger partial charge is 0.313 e. The molecule has 2 saturated carbocycles. The Labute approximate surface area is 227 Å². The summed E-state index contributed by atoms with van der Waals surface area (Å²) in [4.78, 5) is 93.0. The van der Waals surface area contributed by atoms with Crippen LogP contribution in [0.5, 0.6) is 0 Å². The van der Waals surface area contributed by atoms with Crippen molar-refractivity contribution in [2.45, 2.75) is 27.7 Å². The fourth-order valence-corrected chi connectivity index (χ4v) is 6.02. The predicted molar refractivity (Wildman–Crippen MR) is 125 cm³/mol. The minimum Gasteiger partial charge on any atom is -0.481 e. The van der Waals surface area contributed by atoms with Crippen LogP contribution in [0.2, 0.25) is 0 Å². The van der Waals surface area contributed by atoms with E-state index in [1.54, 1.807) is 0 Å². The topological polar surface area (TPSA) is 254 Å². The maximum Gasteiger partial charge on any atom is 0.313 e. The molecule has 0 radical (unpaired) electrons. The van der Waals surface area contributed by atoms with Crippen LogP contribution in [0.1, 0.15) is 27.7 Å². The zero-order chi connectivity index (χ0) is 31.8. The quantitative estimate of drug-likeness (QED) is 0.210. The van der Waals surface area contributed by atoms with Crippen LogP contribution < -0.4 is 0 Å². The largest absolute Gasteiger partial charge is 0.481 e. The summed E-state index contributed by atoms with van der Waals surface area (Å²) in [5, 5.41) is 36.0. The zero-order valence-electron chi connectivity index (χ0n) is 23.0. The molecule has 0 bridgehead atoms. The van der Waals surface area contributed by atoms with Gasteiger partial charge in [-0.2, -0.15) is 0 Å². The molecular weight excluding hydrogens is 544 g/mol. The first-order chi connectivity index (χ1) is 18.2. The molecule has 2 aliphatic carbocycles. The lowest BCUT2D eigenvalue weighted by atomic mass is 9.39. The Kier molecular flexibility index (Phi) is 9.37. The van der Waals surface area contributed by atoms with Crippen LogP contribution in [0, 0.1) is 45.3 Å². The molecule has 16 nitrogen and oxygen atoms in total. The minimum atomic E-state index is -2.17. The van der Waals surface area contributed by atoms with Gasteiger partial charge < -0.3 is 39.4 Å². The summed E-state index contributed by atoms with van der Waals surface area (Å²) < 4.78 is 18.8. The third kappa shape index (κ3) is 4.12. The van der Waals surface area contributed by atoms with Crippen molar-refractivity contribution in [3.05, 3.63) is 0 Å². The summed E-state index contributed by atoms with van der Waals surface area (Å²) in [7, 11) is 4.51. The second-order valence-corrected chi connectivity index (χ2v) is 10.0. The monoisotopic (exact) mass is 576 g/mol. The first kappa shape index (κ1) is 33.8. The first-order valence-corrected chi connectivity index (χ1v) is 11.5. The highest BCUT2D eigenvalue weighted by atomic mass is 16.5. The van der Waals surface area contributed by atoms with Gasteiger partial charge in [0.25, 0.3) is 0 Å². The molecule has 4 N–H and O–H groups in total. The molecule has 0 aliphatic heterocycles. The molecule has 16 heteroatoms. The van der Waals surface area contributed by atoms with Crippen molar-refractivity contribution < 1.29 is 77.7 Å². The Balaban J connectivity index is 0.000000408. The van der Waals surface area contributed by atoms with E-state index in [0.29, 0.717) is 0 Å². The molecule has 2 rings (SSSR count). The number of esters is 4. The molecule has 0 aromatic rings. The van der Waals surface area contributed by atoms with Crippen molar-refractivity contribution in [2.24, 2.45) is 45.3 Å². The normalized spacial score (nSPS) is 35.6. The van der Waals surface area contributed by atoms with Gasteiger partial charge in [0.2, 0.25) is 0 Å². The van der Waals surface area contributed by atoms with Crippen molar-refractivity contribution in [2.75, 3.05) is 28.4 Å². The van der Waals surface area contributed by atoms with Crippen LogP contribution in [-0.4, -0.2) is 96.6 Å². The highest BCUT2D eigenvalue weighted by Crippen LogP contribution is 2.66. The molecule has 224 valence electrons. The van der Waals surface area contributed by atoms with E-state index < -0.39 is 93.1 Å². The highest BCUT2D eigenvalue weighted by Gasteiger charge is 2.81. The Morgan fingerprint density at radius 1 is 0.450 bits per heavy atom. The average molecular weight is 577 g/mol. The Morgan fingerprint density at radius 2 is 0.700 bits per heavy atom. The number of hydrogen-bond acceptors (Lipinski definition) is 12. The Morgan fingerprint density at radius 3 is 0.850 bits per heavy atom. The number of carbonyl (C=O) groups excluding carboxylic acids is 4. The van der Waals surface area contributed by atoms with E-state index in [0.717, 1.165) is 42.3 Å². The third-order valence-electron chi connectivity index (χ3n) is 8.86. The van der Waals surface area contributed by atoms with E-state index in [9.17, 15) is 38.4 Å². The molecule has 8 unspecified atom stereocenters. The van der Waals surface area contributed by atoms with Crippen LogP contribution >= 0.6 is 0 Å². The summed E-state index contributed by atoms with van der Waals surface area (Å²) >= 11 is 0. The molecule has 0 aromatic heterocycles. The molecule has 0 aromatic carbocycles. The van der Waals surface area contributed by atoms with Gasteiger partial charge in [0, 0.05) is 0 Å². The number of aliphatic carboxylic acids is 4. The molecular formula is C24H32O16. The van der Waals surface area contributed by atoms with Gasteiger partial charge in [-0.25, -0.2) is 0 Å². The Bertz CT molecular complexity index is 1060. The standard InChI is InChI=1S/C14H20O8.C10H12O8/c1-13(11(17)21-5)7(9(15)19-3)8(10(16)20-4)14(13,2)12(18)22-6;1-9(7(15)16)3(5(11)12)4(6(13)14)10(9,2)8(17)18/h7-8H,1-6H3;3-4H,1-2H3,(H,11,12)(H,13,14)(H,15,16)(H,17,18). The molecule has 40 heavy (non-hydrogen) atoms. The van der Waals surface area contributed by atoms with E-state index in [2.05, 4.69) is 9.47 Å². The second-order valence-electron chi connectivity index (χ2n) is 10.0. The van der Waals surface area contributed by atoms with Gasteiger partial charge in [-0.05, 0) is 27.7 Å². The molecule has 0 heterocycles. The summed E-state index contributed by atoms with van der Waals surface area (Å²) in [5.74, 6) is -15.8. The predicted octanol–water partition coefficient (Wildman–Crippen LogP) is -0.480. The van der Waals surface area contributed by atoms with Crippen LogP contribution in [0.3, 0.4) is 0 Å². The van der Waals surface area contributed by atoms with Crippen molar-refractivity contribution in [3.8, 4) is 0 Å². The third-order valence-corrected chi connectivity index (χ3v) is 8.86. The minimum absolute atomic E-state index is 0.801. The number of methoxy groups -OCH3 is 4. The lowest BCUT2D eigenvalue weighted by molar-refractivity contribution is -0.237. The van der Waals surface area contributed by atoms with Crippen molar-refractivity contribution in [3.63, 3.8) is 0 Å². The Hall–Kier alpha value is -4.24. The number of rotatable bonds is 8. The van der Waals surface area contributed by atoms with E-state index >= 15 is 0 Å². The van der Waals surface area contributed by atoms with Gasteiger partial charge in [-0.3, -0.25) is 38.4 Å². The number of ether oxygens (including phenoxy) is 4. The van der Waals surface area contributed by atoms with Crippen LogP contribution in [0.25, 0.3) is 0 Å². The molecule has 2 fully saturated rings. The summed E-state index contributed by atoms with van der Waals surface area (Å²) in [5.41, 5.74) is -7.57. The molecule has 0 amide bonds. The lowest BCUT2D eigenvalue weighted by Gasteiger charge is -2.59. The van der Waals surface area contributed by atoms with Crippen LogP contribution in [-0.2, 0) is 57.3 Å². The average Bonchev–Trinajstić information content (AvgIpc) is 2.89. The van der Waals surface area contributed by atoms with Gasteiger partial charge in [0.1, 0.15) is 0 Å². The number of carbonyl (C=O) groups is 8. The van der Waals surface area contributed by atoms with Crippen LogP contribution in [0.15, 0.2) is 0 Å². The highest BCUT2D eigenvalue weighted by molar-refractivity contribution is 6.02. The van der Waals surface area contributed by atoms with Crippen LogP contribution in [0.4, 0.5) is 0 Å². The second kappa shape index (κ2) is 11.1. The maximum atomic E-state index is 12.2. The molecule has 2 aliphatic rings.